The van der Waals surface area contributed by atoms with E-state index < -0.39 is 0 Å². The van der Waals surface area contributed by atoms with Gasteiger partial charge in [0.25, 0.3) is 0 Å². The minimum absolute atomic E-state index is 0.656. The first-order chi connectivity index (χ1) is 7.31. The Bertz CT molecular complexity index is 437. The first-order valence-corrected chi connectivity index (χ1v) is 5.57. The second-order valence-electron chi connectivity index (χ2n) is 3.28. The van der Waals surface area contributed by atoms with Gasteiger partial charge in [-0.25, -0.2) is 4.98 Å². The Morgan fingerprint density at radius 2 is 2.27 bits per heavy atom. The summed E-state index contributed by atoms with van der Waals surface area (Å²) in [6.07, 6.45) is 6.37. The van der Waals surface area contributed by atoms with Crippen molar-refractivity contribution in [1.82, 2.24) is 9.55 Å². The molecule has 2 N–H and O–H groups in total. The molecule has 0 aliphatic rings. The Balaban J connectivity index is 2.47. The Hall–Kier alpha value is -1.13. The third-order valence-electron chi connectivity index (χ3n) is 2.24. The quantitative estimate of drug-likeness (QED) is 0.924. The third kappa shape index (κ3) is 2.27. The fraction of sp³-hybridized carbons (Fsp3) is 0.182. The first kappa shape index (κ1) is 10.4. The van der Waals surface area contributed by atoms with Gasteiger partial charge in [0.1, 0.15) is 0 Å². The standard InChI is InChI=1S/C11H12BrN3/c12-10-2-1-9(3-4-13)11(7-10)15-6-5-14-8-15/h1-2,5-8H,3-4,13H2. The van der Waals surface area contributed by atoms with Crippen LogP contribution in [-0.2, 0) is 6.42 Å². The monoisotopic (exact) mass is 265 g/mol. The highest BCUT2D eigenvalue weighted by atomic mass is 79.9. The third-order valence-corrected chi connectivity index (χ3v) is 2.74. The SMILES string of the molecule is NCCc1ccc(Br)cc1-n1ccnc1. The summed E-state index contributed by atoms with van der Waals surface area (Å²) in [5.41, 5.74) is 7.95. The molecule has 0 saturated carbocycles. The summed E-state index contributed by atoms with van der Waals surface area (Å²) in [4.78, 5) is 4.05. The van der Waals surface area contributed by atoms with Gasteiger partial charge in [0, 0.05) is 16.9 Å². The van der Waals surface area contributed by atoms with Crippen molar-refractivity contribution in [3.05, 3.63) is 47.0 Å². The predicted molar refractivity (Wildman–Crippen MR) is 64.0 cm³/mol. The van der Waals surface area contributed by atoms with Crippen LogP contribution in [0, 0.1) is 0 Å². The predicted octanol–water partition coefficient (Wildman–Crippen LogP) is 2.14. The number of rotatable bonds is 3. The van der Waals surface area contributed by atoms with Crippen LogP contribution >= 0.6 is 15.9 Å². The fourth-order valence-electron chi connectivity index (χ4n) is 1.55. The molecule has 0 radical (unpaired) electrons. The summed E-state index contributed by atoms with van der Waals surface area (Å²) >= 11 is 3.47. The van der Waals surface area contributed by atoms with Crippen LogP contribution in [0.2, 0.25) is 0 Å². The molecule has 78 valence electrons. The number of aromatic nitrogens is 2. The topological polar surface area (TPSA) is 43.8 Å². The average Bonchev–Trinajstić information content (AvgIpc) is 2.74. The van der Waals surface area contributed by atoms with Crippen molar-refractivity contribution >= 4 is 15.9 Å². The van der Waals surface area contributed by atoms with Crippen molar-refractivity contribution in [2.24, 2.45) is 5.73 Å². The number of nitrogens with two attached hydrogens (primary N) is 1. The number of benzene rings is 1. The molecule has 2 aromatic rings. The zero-order chi connectivity index (χ0) is 10.7. The molecule has 1 aromatic carbocycles. The molecule has 0 atom stereocenters. The van der Waals surface area contributed by atoms with Gasteiger partial charge < -0.3 is 10.3 Å². The van der Waals surface area contributed by atoms with Crippen LogP contribution in [0.25, 0.3) is 5.69 Å². The van der Waals surface area contributed by atoms with E-state index in [1.165, 1.54) is 5.56 Å². The molecule has 0 aliphatic carbocycles. The minimum atomic E-state index is 0.656. The van der Waals surface area contributed by atoms with E-state index in [2.05, 4.69) is 33.0 Å². The number of hydrogen-bond acceptors (Lipinski definition) is 2. The first-order valence-electron chi connectivity index (χ1n) is 4.78. The van der Waals surface area contributed by atoms with Gasteiger partial charge in [-0.15, -0.1) is 0 Å². The number of imidazole rings is 1. The fourth-order valence-corrected chi connectivity index (χ4v) is 1.89. The summed E-state index contributed by atoms with van der Waals surface area (Å²) in [6, 6.07) is 6.20. The Labute approximate surface area is 97.1 Å². The van der Waals surface area contributed by atoms with Crippen LogP contribution in [0.1, 0.15) is 5.56 Å². The van der Waals surface area contributed by atoms with E-state index in [9.17, 15) is 0 Å². The van der Waals surface area contributed by atoms with E-state index in [1.807, 2.05) is 16.8 Å². The van der Waals surface area contributed by atoms with Crippen LogP contribution in [0.5, 0.6) is 0 Å². The number of nitrogens with zero attached hydrogens (tertiary/aromatic N) is 2. The van der Waals surface area contributed by atoms with Gasteiger partial charge in [0.05, 0.1) is 12.0 Å². The zero-order valence-electron chi connectivity index (χ0n) is 8.23. The highest BCUT2D eigenvalue weighted by molar-refractivity contribution is 9.10. The summed E-state index contributed by atoms with van der Waals surface area (Å²) in [5.74, 6) is 0. The summed E-state index contributed by atoms with van der Waals surface area (Å²) in [7, 11) is 0. The van der Waals surface area contributed by atoms with Gasteiger partial charge in [-0.05, 0) is 30.7 Å². The maximum atomic E-state index is 5.58. The van der Waals surface area contributed by atoms with Gasteiger partial charge in [0.15, 0.2) is 0 Å². The van der Waals surface area contributed by atoms with Crippen molar-refractivity contribution < 1.29 is 0 Å². The van der Waals surface area contributed by atoms with Crippen molar-refractivity contribution in [2.75, 3.05) is 6.54 Å². The van der Waals surface area contributed by atoms with Crippen molar-refractivity contribution in [2.45, 2.75) is 6.42 Å². The van der Waals surface area contributed by atoms with Crippen molar-refractivity contribution in [3.63, 3.8) is 0 Å². The van der Waals surface area contributed by atoms with E-state index in [0.717, 1.165) is 16.6 Å². The maximum Gasteiger partial charge on any atom is 0.0991 e. The lowest BCUT2D eigenvalue weighted by Gasteiger charge is -2.09. The van der Waals surface area contributed by atoms with Gasteiger partial charge in [0.2, 0.25) is 0 Å². The molecule has 1 aromatic heterocycles. The molecule has 4 heteroatoms. The maximum absolute atomic E-state index is 5.58. The van der Waals surface area contributed by atoms with E-state index in [-0.39, 0.29) is 0 Å². The van der Waals surface area contributed by atoms with Crippen molar-refractivity contribution in [1.29, 1.82) is 0 Å². The van der Waals surface area contributed by atoms with Crippen LogP contribution in [0.3, 0.4) is 0 Å². The summed E-state index contributed by atoms with van der Waals surface area (Å²) in [6.45, 7) is 0.656. The Kier molecular flexibility index (Phi) is 3.18. The Morgan fingerprint density at radius 1 is 1.40 bits per heavy atom. The second kappa shape index (κ2) is 4.59. The van der Waals surface area contributed by atoms with E-state index in [4.69, 9.17) is 5.73 Å². The summed E-state index contributed by atoms with van der Waals surface area (Å²) in [5, 5.41) is 0. The molecule has 0 fully saturated rings. The molecular weight excluding hydrogens is 254 g/mol. The van der Waals surface area contributed by atoms with E-state index in [1.54, 1.807) is 12.5 Å². The van der Waals surface area contributed by atoms with Crippen LogP contribution in [-0.4, -0.2) is 16.1 Å². The van der Waals surface area contributed by atoms with Gasteiger partial charge in [-0.2, -0.15) is 0 Å². The second-order valence-corrected chi connectivity index (χ2v) is 4.20. The zero-order valence-corrected chi connectivity index (χ0v) is 9.81. The lowest BCUT2D eigenvalue weighted by molar-refractivity contribution is 0.933. The minimum Gasteiger partial charge on any atom is -0.330 e. The van der Waals surface area contributed by atoms with Crippen molar-refractivity contribution in [3.8, 4) is 5.69 Å². The largest absolute Gasteiger partial charge is 0.330 e. The Morgan fingerprint density at radius 3 is 2.93 bits per heavy atom. The van der Waals surface area contributed by atoms with Gasteiger partial charge in [-0.3, -0.25) is 0 Å². The van der Waals surface area contributed by atoms with E-state index in [0.29, 0.717) is 6.54 Å². The molecule has 3 nitrogen and oxygen atoms in total. The normalized spacial score (nSPS) is 10.5. The molecule has 0 amide bonds. The van der Waals surface area contributed by atoms with Crippen LogP contribution in [0.4, 0.5) is 0 Å². The van der Waals surface area contributed by atoms with Crippen LogP contribution in [0.15, 0.2) is 41.4 Å². The molecule has 0 bridgehead atoms. The van der Waals surface area contributed by atoms with Gasteiger partial charge >= 0.3 is 0 Å². The van der Waals surface area contributed by atoms with Gasteiger partial charge in [-0.1, -0.05) is 22.0 Å². The number of halogens is 1. The molecular formula is C11H12BrN3. The lowest BCUT2D eigenvalue weighted by Crippen LogP contribution is -2.06. The molecule has 0 spiro atoms. The number of hydrogen-bond donors (Lipinski definition) is 1. The molecule has 0 saturated heterocycles. The molecule has 0 unspecified atom stereocenters. The highest BCUT2D eigenvalue weighted by Crippen LogP contribution is 2.20. The lowest BCUT2D eigenvalue weighted by atomic mass is 10.1. The molecule has 2 rings (SSSR count). The van der Waals surface area contributed by atoms with E-state index >= 15 is 0 Å². The molecule has 0 aliphatic heterocycles. The van der Waals surface area contributed by atoms with Crippen LogP contribution < -0.4 is 5.73 Å². The highest BCUT2D eigenvalue weighted by Gasteiger charge is 2.04. The smallest absolute Gasteiger partial charge is 0.0991 e. The average molecular weight is 266 g/mol. The summed E-state index contributed by atoms with van der Waals surface area (Å²) < 4.78 is 3.06. The molecule has 1 heterocycles. The molecule has 15 heavy (non-hydrogen) atoms.